The van der Waals surface area contributed by atoms with Crippen LogP contribution in [0, 0.1) is 5.82 Å². The van der Waals surface area contributed by atoms with Crippen LogP contribution in [0.5, 0.6) is 11.5 Å². The van der Waals surface area contributed by atoms with Gasteiger partial charge >= 0.3 is 6.03 Å². The van der Waals surface area contributed by atoms with Crippen LogP contribution in [0.3, 0.4) is 0 Å². The first-order valence-electron chi connectivity index (χ1n) is 14.9. The molecule has 6 rings (SSSR count). The number of benzene rings is 1. The molecule has 4 heterocycles. The summed E-state index contributed by atoms with van der Waals surface area (Å²) in [7, 11) is 3.98. The number of halogens is 1. The Bertz CT molecular complexity index is 1640. The number of fused-ring (bicyclic) bond motifs is 1. The molecule has 1 saturated heterocycles. The minimum Gasteiger partial charge on any atom is -0.453 e. The maximum absolute atomic E-state index is 14.9. The number of ether oxygens (including phenoxy) is 1. The molecule has 10 nitrogen and oxygen atoms in total. The van der Waals surface area contributed by atoms with E-state index in [1.54, 1.807) is 18.3 Å². The van der Waals surface area contributed by atoms with E-state index in [2.05, 4.69) is 30.7 Å². The van der Waals surface area contributed by atoms with Crippen molar-refractivity contribution in [3.8, 4) is 22.1 Å². The second-order valence-electron chi connectivity index (χ2n) is 11.5. The lowest BCUT2D eigenvalue weighted by molar-refractivity contribution is -0.125. The van der Waals surface area contributed by atoms with Crippen LogP contribution >= 0.6 is 11.3 Å². The van der Waals surface area contributed by atoms with E-state index in [0.717, 1.165) is 65.1 Å². The van der Waals surface area contributed by atoms with Crippen LogP contribution in [-0.2, 0) is 11.3 Å². The van der Waals surface area contributed by atoms with Crippen molar-refractivity contribution in [1.82, 2.24) is 30.4 Å². The van der Waals surface area contributed by atoms with Gasteiger partial charge in [0, 0.05) is 55.9 Å². The van der Waals surface area contributed by atoms with Gasteiger partial charge in [0.1, 0.15) is 5.75 Å². The first-order chi connectivity index (χ1) is 21.3. The number of carbonyl (C=O) groups is 2. The summed E-state index contributed by atoms with van der Waals surface area (Å²) in [4.78, 5) is 39.1. The molecule has 2 fully saturated rings. The zero-order valence-corrected chi connectivity index (χ0v) is 25.6. The van der Waals surface area contributed by atoms with Crippen molar-refractivity contribution in [2.75, 3.05) is 39.0 Å². The number of likely N-dealkylation sites (tertiary alicyclic amines) is 1. The molecule has 0 bridgehead atoms. The number of likely N-dealkylation sites (N-methyl/N-ethyl adjacent to an activating group) is 1. The lowest BCUT2D eigenvalue weighted by atomic mass is 10.2. The van der Waals surface area contributed by atoms with Gasteiger partial charge in [0.05, 0.1) is 26.8 Å². The fraction of sp³-hybridized carbons (Fsp3) is 0.375. The fourth-order valence-electron chi connectivity index (χ4n) is 5.21. The third kappa shape index (κ3) is 7.32. The second-order valence-corrected chi connectivity index (χ2v) is 12.6. The third-order valence-corrected chi connectivity index (χ3v) is 8.85. The fourth-order valence-corrected chi connectivity index (χ4v) is 6.25. The highest BCUT2D eigenvalue weighted by molar-refractivity contribution is 7.22. The van der Waals surface area contributed by atoms with E-state index in [-0.39, 0.29) is 29.8 Å². The van der Waals surface area contributed by atoms with Crippen molar-refractivity contribution >= 4 is 39.2 Å². The Balaban J connectivity index is 1.11. The minimum atomic E-state index is -0.584. The lowest BCUT2D eigenvalue weighted by Gasteiger charge is -2.24. The highest BCUT2D eigenvalue weighted by Gasteiger charge is 2.30. The molecular weight excluding hydrogens is 581 g/mol. The number of aromatic nitrogens is 2. The SMILES string of the molecule is CN(C)CCNC(=O)[C@@H]1CCCN1Cc1ccc(-c2cc3nccc(Oc4ccc(NC(=O)NC5CC5)cc4F)c3s2)nc1. The zero-order valence-electron chi connectivity index (χ0n) is 24.8. The van der Waals surface area contributed by atoms with Gasteiger partial charge in [-0.3, -0.25) is 19.7 Å². The van der Waals surface area contributed by atoms with E-state index in [0.29, 0.717) is 24.5 Å². The van der Waals surface area contributed by atoms with E-state index in [1.165, 1.54) is 23.5 Å². The van der Waals surface area contributed by atoms with Crippen LogP contribution in [0.2, 0.25) is 0 Å². The molecule has 1 atom stereocenters. The van der Waals surface area contributed by atoms with E-state index < -0.39 is 5.82 Å². The van der Waals surface area contributed by atoms with Gasteiger partial charge in [-0.15, -0.1) is 11.3 Å². The number of nitrogens with zero attached hydrogens (tertiary/aromatic N) is 4. The van der Waals surface area contributed by atoms with Crippen molar-refractivity contribution < 1.29 is 18.7 Å². The molecule has 0 spiro atoms. The summed E-state index contributed by atoms with van der Waals surface area (Å²) < 4.78 is 21.7. The van der Waals surface area contributed by atoms with Crippen LogP contribution < -0.4 is 20.7 Å². The summed E-state index contributed by atoms with van der Waals surface area (Å²) in [5, 5.41) is 8.53. The number of hydrogen-bond acceptors (Lipinski definition) is 8. The molecule has 0 unspecified atom stereocenters. The Kier molecular flexibility index (Phi) is 9.01. The number of thiophene rings is 1. The van der Waals surface area contributed by atoms with Gasteiger partial charge < -0.3 is 25.6 Å². The largest absolute Gasteiger partial charge is 0.453 e. The molecule has 230 valence electrons. The predicted octanol–water partition coefficient (Wildman–Crippen LogP) is 5.22. The van der Waals surface area contributed by atoms with Crippen LogP contribution in [-0.4, -0.2) is 77.5 Å². The zero-order chi connectivity index (χ0) is 30.6. The molecule has 2 aliphatic rings. The number of urea groups is 1. The quantitative estimate of drug-likeness (QED) is 0.212. The Morgan fingerprint density at radius 2 is 1.95 bits per heavy atom. The van der Waals surface area contributed by atoms with Gasteiger partial charge in [-0.1, -0.05) is 6.07 Å². The minimum absolute atomic E-state index is 0.0506. The molecule has 4 aromatic rings. The number of pyridine rings is 2. The number of hydrogen-bond donors (Lipinski definition) is 3. The third-order valence-electron chi connectivity index (χ3n) is 7.69. The summed E-state index contributed by atoms with van der Waals surface area (Å²) in [6.45, 7) is 3.00. The Hall–Kier alpha value is -4.13. The smallest absolute Gasteiger partial charge is 0.319 e. The molecule has 0 radical (unpaired) electrons. The lowest BCUT2D eigenvalue weighted by Crippen LogP contribution is -2.44. The average Bonchev–Trinajstić information content (AvgIpc) is 3.49. The second kappa shape index (κ2) is 13.2. The molecule has 3 aromatic heterocycles. The van der Waals surface area contributed by atoms with E-state index >= 15 is 0 Å². The van der Waals surface area contributed by atoms with Crippen molar-refractivity contribution in [3.63, 3.8) is 0 Å². The maximum atomic E-state index is 14.9. The van der Waals surface area contributed by atoms with Gasteiger partial charge in [0.15, 0.2) is 11.6 Å². The molecule has 1 saturated carbocycles. The number of amides is 3. The Labute approximate surface area is 259 Å². The Morgan fingerprint density at radius 3 is 2.70 bits per heavy atom. The van der Waals surface area contributed by atoms with Crippen LogP contribution in [0.15, 0.2) is 54.9 Å². The van der Waals surface area contributed by atoms with Gasteiger partial charge in [0.2, 0.25) is 5.91 Å². The van der Waals surface area contributed by atoms with Crippen LogP contribution in [0.4, 0.5) is 14.9 Å². The summed E-state index contributed by atoms with van der Waals surface area (Å²) in [5.41, 5.74) is 2.92. The van der Waals surface area contributed by atoms with Gasteiger partial charge in [-0.2, -0.15) is 0 Å². The van der Waals surface area contributed by atoms with Crippen LogP contribution in [0.1, 0.15) is 31.2 Å². The molecule has 3 N–H and O–H groups in total. The van der Waals surface area contributed by atoms with Gasteiger partial charge in [-0.25, -0.2) is 9.18 Å². The maximum Gasteiger partial charge on any atom is 0.319 e. The summed E-state index contributed by atoms with van der Waals surface area (Å²) >= 11 is 1.47. The molecule has 12 heteroatoms. The molecule has 1 aliphatic heterocycles. The standard InChI is InChI=1S/C32H36FN7O3S/c1-39(2)15-13-35-31(41)26-4-3-14-40(26)19-20-5-9-24(36-18-20)29-17-25-30(44-29)28(11-12-34-25)43-27-10-8-22(16-23(27)33)38-32(42)37-21-6-7-21/h5,8-12,16-18,21,26H,3-4,6-7,13-15,19H2,1-2H3,(H,35,41)(H2,37,38,42)/t26-/m0/s1. The molecule has 1 aliphatic carbocycles. The summed E-state index contributed by atoms with van der Waals surface area (Å²) in [6, 6.07) is 11.8. The van der Waals surface area contributed by atoms with Gasteiger partial charge in [0.25, 0.3) is 0 Å². The molecule has 44 heavy (non-hydrogen) atoms. The highest BCUT2D eigenvalue weighted by Crippen LogP contribution is 2.39. The highest BCUT2D eigenvalue weighted by atomic mass is 32.1. The van der Waals surface area contributed by atoms with Crippen molar-refractivity contribution in [1.29, 1.82) is 0 Å². The molecule has 3 amide bonds. The van der Waals surface area contributed by atoms with E-state index in [4.69, 9.17) is 9.72 Å². The van der Waals surface area contributed by atoms with Crippen molar-refractivity contribution in [2.45, 2.75) is 44.3 Å². The number of rotatable bonds is 11. The van der Waals surface area contributed by atoms with E-state index in [9.17, 15) is 14.0 Å². The van der Waals surface area contributed by atoms with Crippen molar-refractivity contribution in [2.24, 2.45) is 0 Å². The normalized spacial score (nSPS) is 16.8. The molecule has 1 aromatic carbocycles. The number of anilines is 1. The molecular formula is C32H36FN7O3S. The summed E-state index contributed by atoms with van der Waals surface area (Å²) in [5.74, 6) is 0.0422. The van der Waals surface area contributed by atoms with Crippen molar-refractivity contribution in [3.05, 3.63) is 66.2 Å². The number of carbonyl (C=O) groups excluding carboxylic acids is 2. The van der Waals surface area contributed by atoms with Gasteiger partial charge in [-0.05, 0) is 76.2 Å². The van der Waals surface area contributed by atoms with Crippen LogP contribution in [0.25, 0.3) is 20.8 Å². The topological polar surface area (TPSA) is 112 Å². The monoisotopic (exact) mass is 617 g/mol. The number of nitrogens with one attached hydrogen (secondary N) is 3. The average molecular weight is 618 g/mol. The Morgan fingerprint density at radius 1 is 1.09 bits per heavy atom. The first-order valence-corrected chi connectivity index (χ1v) is 15.7. The predicted molar refractivity (Wildman–Crippen MR) is 169 cm³/mol. The summed E-state index contributed by atoms with van der Waals surface area (Å²) in [6.07, 6.45) is 7.29. The van der Waals surface area contributed by atoms with E-state index in [1.807, 2.05) is 38.5 Å². The first kappa shape index (κ1) is 29.9.